The number of piperidine rings is 1. The molecular weight excluding hydrogens is 308 g/mol. The van der Waals surface area contributed by atoms with Crippen LogP contribution in [-0.2, 0) is 4.79 Å². The number of rotatable bonds is 5. The number of nitrogens with two attached hydrogens (primary N) is 1. The first-order valence-electron chi connectivity index (χ1n) is 8.15. The fourth-order valence-corrected chi connectivity index (χ4v) is 3.13. The lowest BCUT2D eigenvalue weighted by molar-refractivity contribution is -0.123. The minimum atomic E-state index is -0.238. The number of carbonyl (C=O) groups excluding carboxylic acids is 2. The van der Waals surface area contributed by atoms with E-state index in [1.54, 1.807) is 23.0 Å². The van der Waals surface area contributed by atoms with Crippen molar-refractivity contribution < 1.29 is 9.59 Å². The van der Waals surface area contributed by atoms with Crippen molar-refractivity contribution in [2.75, 3.05) is 26.2 Å². The number of aromatic nitrogens is 3. The Morgan fingerprint density at radius 1 is 1.46 bits per heavy atom. The lowest BCUT2D eigenvalue weighted by atomic mass is 9.97. The third kappa shape index (κ3) is 3.38. The van der Waals surface area contributed by atoms with E-state index < -0.39 is 0 Å². The lowest BCUT2D eigenvalue weighted by Gasteiger charge is -2.31. The van der Waals surface area contributed by atoms with E-state index in [1.807, 2.05) is 6.92 Å². The fourth-order valence-electron chi connectivity index (χ4n) is 3.13. The number of amides is 2. The van der Waals surface area contributed by atoms with Crippen LogP contribution in [0.15, 0.2) is 18.5 Å². The molecule has 0 aromatic carbocycles. The summed E-state index contributed by atoms with van der Waals surface area (Å²) in [4.78, 5) is 30.1. The van der Waals surface area contributed by atoms with Gasteiger partial charge in [0.05, 0.1) is 23.4 Å². The molecule has 0 bridgehead atoms. The molecule has 3 rings (SSSR count). The predicted octanol–water partition coefficient (Wildman–Crippen LogP) is -0.0352. The van der Waals surface area contributed by atoms with E-state index in [0.717, 1.165) is 30.7 Å². The van der Waals surface area contributed by atoms with Gasteiger partial charge in [-0.05, 0) is 26.3 Å². The molecule has 3 heterocycles. The van der Waals surface area contributed by atoms with Crippen LogP contribution >= 0.6 is 0 Å². The molecule has 2 aromatic rings. The Kier molecular flexibility index (Phi) is 4.75. The van der Waals surface area contributed by atoms with Crippen molar-refractivity contribution in [3.8, 4) is 0 Å². The van der Waals surface area contributed by atoms with E-state index in [-0.39, 0.29) is 17.7 Å². The molecule has 1 fully saturated rings. The van der Waals surface area contributed by atoms with Crippen LogP contribution < -0.4 is 11.1 Å². The molecule has 128 valence electrons. The molecule has 24 heavy (non-hydrogen) atoms. The third-order valence-electron chi connectivity index (χ3n) is 4.52. The quantitative estimate of drug-likeness (QED) is 0.800. The lowest BCUT2D eigenvalue weighted by Crippen LogP contribution is -2.44. The molecule has 3 N–H and O–H groups in total. The van der Waals surface area contributed by atoms with Gasteiger partial charge < -0.3 is 16.0 Å². The minimum Gasteiger partial charge on any atom is -0.369 e. The Balaban J connectivity index is 1.55. The van der Waals surface area contributed by atoms with Crippen LogP contribution in [0.25, 0.3) is 5.65 Å². The average molecular weight is 330 g/mol. The van der Waals surface area contributed by atoms with Crippen LogP contribution in [-0.4, -0.2) is 57.5 Å². The molecule has 1 aliphatic heterocycles. The fraction of sp³-hybridized carbons (Fsp3) is 0.500. The summed E-state index contributed by atoms with van der Waals surface area (Å²) in [6.45, 7) is 4.66. The van der Waals surface area contributed by atoms with Crippen molar-refractivity contribution in [1.29, 1.82) is 0 Å². The van der Waals surface area contributed by atoms with Gasteiger partial charge in [-0.15, -0.1) is 0 Å². The second kappa shape index (κ2) is 6.96. The summed E-state index contributed by atoms with van der Waals surface area (Å²) in [5.74, 6) is -0.484. The summed E-state index contributed by atoms with van der Waals surface area (Å²) < 4.78 is 1.65. The maximum atomic E-state index is 12.4. The molecule has 1 aliphatic rings. The van der Waals surface area contributed by atoms with Crippen LogP contribution in [0.1, 0.15) is 28.9 Å². The van der Waals surface area contributed by atoms with E-state index in [1.165, 1.54) is 0 Å². The molecule has 0 spiro atoms. The highest BCUT2D eigenvalue weighted by molar-refractivity contribution is 5.95. The zero-order valence-electron chi connectivity index (χ0n) is 13.7. The average Bonchev–Trinajstić information content (AvgIpc) is 3.05. The SMILES string of the molecule is Cc1c(C(=O)NCCN2CCC[C@H](C(N)=O)C2)cnc2ccnn12. The monoisotopic (exact) mass is 330 g/mol. The molecule has 8 heteroatoms. The van der Waals surface area contributed by atoms with Crippen LogP contribution in [0.3, 0.4) is 0 Å². The van der Waals surface area contributed by atoms with Gasteiger partial charge in [0.2, 0.25) is 5.91 Å². The summed E-state index contributed by atoms with van der Waals surface area (Å²) in [7, 11) is 0. The largest absolute Gasteiger partial charge is 0.369 e. The number of fused-ring (bicyclic) bond motifs is 1. The minimum absolute atomic E-state index is 0.0804. The zero-order chi connectivity index (χ0) is 17.1. The predicted molar refractivity (Wildman–Crippen MR) is 88.4 cm³/mol. The molecule has 2 amide bonds. The topological polar surface area (TPSA) is 106 Å². The molecule has 2 aromatic heterocycles. The molecule has 1 saturated heterocycles. The first kappa shape index (κ1) is 16.4. The molecule has 1 atom stereocenters. The molecule has 8 nitrogen and oxygen atoms in total. The van der Waals surface area contributed by atoms with E-state index in [9.17, 15) is 9.59 Å². The van der Waals surface area contributed by atoms with E-state index >= 15 is 0 Å². The van der Waals surface area contributed by atoms with Crippen molar-refractivity contribution in [3.05, 3.63) is 29.7 Å². The number of aryl methyl sites for hydroxylation is 1. The highest BCUT2D eigenvalue weighted by atomic mass is 16.2. The van der Waals surface area contributed by atoms with Crippen LogP contribution in [0.5, 0.6) is 0 Å². The van der Waals surface area contributed by atoms with Crippen molar-refractivity contribution in [2.24, 2.45) is 11.7 Å². The van der Waals surface area contributed by atoms with Gasteiger partial charge in [-0.2, -0.15) is 5.10 Å². The number of hydrogen-bond acceptors (Lipinski definition) is 5. The Morgan fingerprint density at radius 2 is 2.29 bits per heavy atom. The summed E-state index contributed by atoms with van der Waals surface area (Å²) in [6, 6.07) is 1.79. The zero-order valence-corrected chi connectivity index (χ0v) is 13.7. The third-order valence-corrected chi connectivity index (χ3v) is 4.52. The van der Waals surface area contributed by atoms with E-state index in [0.29, 0.717) is 25.2 Å². The summed E-state index contributed by atoms with van der Waals surface area (Å²) in [5.41, 5.74) is 7.37. The first-order valence-corrected chi connectivity index (χ1v) is 8.15. The standard InChI is InChI=1S/C16H22N6O2/c1-11-13(9-19-14-4-5-20-22(11)14)16(24)18-6-8-21-7-2-3-12(10-21)15(17)23/h4-5,9,12H,2-3,6-8,10H2,1H3,(H2,17,23)(H,18,24)/t12-/m0/s1. The molecule has 0 unspecified atom stereocenters. The number of hydrogen-bond donors (Lipinski definition) is 2. The van der Waals surface area contributed by atoms with Crippen molar-refractivity contribution >= 4 is 17.5 Å². The molecule has 0 saturated carbocycles. The Morgan fingerprint density at radius 3 is 3.08 bits per heavy atom. The van der Waals surface area contributed by atoms with Gasteiger partial charge in [-0.1, -0.05) is 0 Å². The maximum Gasteiger partial charge on any atom is 0.254 e. The second-order valence-electron chi connectivity index (χ2n) is 6.16. The van der Waals surface area contributed by atoms with Gasteiger partial charge >= 0.3 is 0 Å². The highest BCUT2D eigenvalue weighted by Crippen LogP contribution is 2.15. The van der Waals surface area contributed by atoms with E-state index in [4.69, 9.17) is 5.73 Å². The molecular formula is C16H22N6O2. The summed E-state index contributed by atoms with van der Waals surface area (Å²) in [5, 5.41) is 7.07. The van der Waals surface area contributed by atoms with E-state index in [2.05, 4.69) is 20.3 Å². The number of nitrogens with zero attached hydrogens (tertiary/aromatic N) is 4. The number of nitrogens with one attached hydrogen (secondary N) is 1. The Bertz CT molecular complexity index is 756. The summed E-state index contributed by atoms with van der Waals surface area (Å²) >= 11 is 0. The van der Waals surface area contributed by atoms with Gasteiger partial charge in [0.25, 0.3) is 5.91 Å². The van der Waals surface area contributed by atoms with Crippen LogP contribution in [0.4, 0.5) is 0 Å². The van der Waals surface area contributed by atoms with Crippen molar-refractivity contribution in [3.63, 3.8) is 0 Å². The normalized spacial score (nSPS) is 18.6. The van der Waals surface area contributed by atoms with Crippen molar-refractivity contribution in [1.82, 2.24) is 24.8 Å². The van der Waals surface area contributed by atoms with Crippen LogP contribution in [0, 0.1) is 12.8 Å². The van der Waals surface area contributed by atoms with Gasteiger partial charge in [0.15, 0.2) is 5.65 Å². The summed E-state index contributed by atoms with van der Waals surface area (Å²) in [6.07, 6.45) is 5.04. The van der Waals surface area contributed by atoms with Crippen LogP contribution in [0.2, 0.25) is 0 Å². The highest BCUT2D eigenvalue weighted by Gasteiger charge is 2.23. The maximum absolute atomic E-state index is 12.4. The Hall–Kier alpha value is -2.48. The van der Waals surface area contributed by atoms with Gasteiger partial charge in [0.1, 0.15) is 0 Å². The number of likely N-dealkylation sites (tertiary alicyclic amines) is 1. The second-order valence-corrected chi connectivity index (χ2v) is 6.16. The Labute approximate surface area is 140 Å². The van der Waals surface area contributed by atoms with Crippen molar-refractivity contribution in [2.45, 2.75) is 19.8 Å². The number of primary amides is 1. The smallest absolute Gasteiger partial charge is 0.254 e. The molecule has 0 radical (unpaired) electrons. The number of carbonyl (C=O) groups is 2. The first-order chi connectivity index (χ1) is 11.6. The molecule has 0 aliphatic carbocycles. The van der Waals surface area contributed by atoms with Gasteiger partial charge in [-0.3, -0.25) is 9.59 Å². The van der Waals surface area contributed by atoms with Gasteiger partial charge in [0, 0.05) is 31.9 Å². The van der Waals surface area contributed by atoms with Gasteiger partial charge in [-0.25, -0.2) is 9.50 Å².